The van der Waals surface area contributed by atoms with Gasteiger partial charge >= 0.3 is 5.97 Å². The molecule has 0 aliphatic heterocycles. The second kappa shape index (κ2) is 6.89. The molecular weight excluding hydrogens is 250 g/mol. The number of nitrogens with one attached hydrogen (secondary N) is 1. The fourth-order valence-electron chi connectivity index (χ4n) is 3.06. The predicted molar refractivity (Wildman–Crippen MR) is 80.7 cm³/mol. The van der Waals surface area contributed by atoms with Crippen LogP contribution in [0.2, 0.25) is 0 Å². The third-order valence-electron chi connectivity index (χ3n) is 4.35. The van der Waals surface area contributed by atoms with E-state index in [1.807, 2.05) is 24.3 Å². The first-order valence-electron chi connectivity index (χ1n) is 7.52. The standard InChI is InChI=1S/C17H25NO2/c1-17(10-6-3-7-11-17)13-18-12-14-8-4-5-9-15(14)16(19)20-2/h4-5,8-9,18H,3,6-7,10-13H2,1-2H3. The molecule has 1 N–H and O–H groups in total. The van der Waals surface area contributed by atoms with E-state index >= 15 is 0 Å². The average molecular weight is 275 g/mol. The van der Waals surface area contributed by atoms with Crippen molar-refractivity contribution < 1.29 is 9.53 Å². The number of hydrogen-bond acceptors (Lipinski definition) is 3. The predicted octanol–water partition coefficient (Wildman–Crippen LogP) is 3.53. The molecule has 1 fully saturated rings. The average Bonchev–Trinajstić information content (AvgIpc) is 2.47. The maximum Gasteiger partial charge on any atom is 0.338 e. The Kier molecular flexibility index (Phi) is 5.18. The van der Waals surface area contributed by atoms with E-state index < -0.39 is 0 Å². The fraction of sp³-hybridized carbons (Fsp3) is 0.588. The number of rotatable bonds is 5. The summed E-state index contributed by atoms with van der Waals surface area (Å²) in [5, 5.41) is 3.52. The molecule has 0 radical (unpaired) electrons. The van der Waals surface area contributed by atoms with Crippen LogP contribution < -0.4 is 5.32 Å². The lowest BCUT2D eigenvalue weighted by Crippen LogP contribution is -2.33. The molecule has 20 heavy (non-hydrogen) atoms. The normalized spacial score (nSPS) is 17.7. The van der Waals surface area contributed by atoms with E-state index in [1.54, 1.807) is 0 Å². The molecule has 1 aliphatic carbocycles. The van der Waals surface area contributed by atoms with Crippen molar-refractivity contribution in [2.24, 2.45) is 5.41 Å². The number of carbonyl (C=O) groups excluding carboxylic acids is 1. The lowest BCUT2D eigenvalue weighted by atomic mass is 9.76. The summed E-state index contributed by atoms with van der Waals surface area (Å²) in [5.74, 6) is -0.258. The van der Waals surface area contributed by atoms with Gasteiger partial charge in [-0.15, -0.1) is 0 Å². The van der Waals surface area contributed by atoms with Gasteiger partial charge < -0.3 is 10.1 Å². The summed E-state index contributed by atoms with van der Waals surface area (Å²) >= 11 is 0. The van der Waals surface area contributed by atoms with Gasteiger partial charge in [-0.2, -0.15) is 0 Å². The van der Waals surface area contributed by atoms with Crippen molar-refractivity contribution in [1.82, 2.24) is 5.32 Å². The minimum atomic E-state index is -0.258. The van der Waals surface area contributed by atoms with E-state index in [-0.39, 0.29) is 5.97 Å². The summed E-state index contributed by atoms with van der Waals surface area (Å²) in [6.45, 7) is 4.11. The SMILES string of the molecule is COC(=O)c1ccccc1CNCC1(C)CCCCC1. The highest BCUT2D eigenvalue weighted by atomic mass is 16.5. The Morgan fingerprint density at radius 1 is 1.25 bits per heavy atom. The summed E-state index contributed by atoms with van der Waals surface area (Å²) in [4.78, 5) is 11.7. The molecule has 0 amide bonds. The Morgan fingerprint density at radius 2 is 1.95 bits per heavy atom. The third-order valence-corrected chi connectivity index (χ3v) is 4.35. The maximum atomic E-state index is 11.7. The van der Waals surface area contributed by atoms with Crippen molar-refractivity contribution >= 4 is 5.97 Å². The van der Waals surface area contributed by atoms with Gasteiger partial charge in [-0.1, -0.05) is 44.4 Å². The first-order valence-corrected chi connectivity index (χ1v) is 7.52. The largest absolute Gasteiger partial charge is 0.465 e. The van der Waals surface area contributed by atoms with Crippen molar-refractivity contribution in [3.05, 3.63) is 35.4 Å². The van der Waals surface area contributed by atoms with E-state index in [2.05, 4.69) is 12.2 Å². The van der Waals surface area contributed by atoms with Gasteiger partial charge in [0.05, 0.1) is 12.7 Å². The van der Waals surface area contributed by atoms with Crippen LogP contribution in [0.5, 0.6) is 0 Å². The zero-order valence-electron chi connectivity index (χ0n) is 12.6. The minimum Gasteiger partial charge on any atom is -0.465 e. The zero-order valence-corrected chi connectivity index (χ0v) is 12.6. The zero-order chi connectivity index (χ0) is 14.4. The molecule has 1 aromatic carbocycles. The lowest BCUT2D eigenvalue weighted by molar-refractivity contribution is 0.0599. The second-order valence-electron chi connectivity index (χ2n) is 6.12. The Labute approximate surface area is 121 Å². The first kappa shape index (κ1) is 15.0. The molecule has 1 aromatic rings. The molecule has 0 unspecified atom stereocenters. The minimum absolute atomic E-state index is 0.258. The number of carbonyl (C=O) groups is 1. The Morgan fingerprint density at radius 3 is 2.65 bits per heavy atom. The van der Waals surface area contributed by atoms with Gasteiger partial charge in [0.15, 0.2) is 0 Å². The van der Waals surface area contributed by atoms with Gasteiger partial charge in [-0.3, -0.25) is 0 Å². The summed E-state index contributed by atoms with van der Waals surface area (Å²) < 4.78 is 4.83. The fourth-order valence-corrected chi connectivity index (χ4v) is 3.06. The third kappa shape index (κ3) is 3.83. The van der Waals surface area contributed by atoms with Crippen LogP contribution in [-0.4, -0.2) is 19.6 Å². The second-order valence-corrected chi connectivity index (χ2v) is 6.12. The molecule has 2 rings (SSSR count). The molecule has 0 saturated heterocycles. The van der Waals surface area contributed by atoms with Crippen molar-refractivity contribution in [3.8, 4) is 0 Å². The molecule has 110 valence electrons. The van der Waals surface area contributed by atoms with Gasteiger partial charge in [0.1, 0.15) is 0 Å². The number of ether oxygens (including phenoxy) is 1. The van der Waals surface area contributed by atoms with Crippen LogP contribution in [0.25, 0.3) is 0 Å². The van der Waals surface area contributed by atoms with Crippen LogP contribution >= 0.6 is 0 Å². The van der Waals surface area contributed by atoms with Gasteiger partial charge in [-0.05, 0) is 29.9 Å². The van der Waals surface area contributed by atoms with E-state index in [0.29, 0.717) is 11.0 Å². The summed E-state index contributed by atoms with van der Waals surface area (Å²) in [6, 6.07) is 7.65. The molecule has 0 aromatic heterocycles. The van der Waals surface area contributed by atoms with E-state index in [1.165, 1.54) is 39.2 Å². The summed E-state index contributed by atoms with van der Waals surface area (Å²) in [7, 11) is 1.43. The highest BCUT2D eigenvalue weighted by Crippen LogP contribution is 2.34. The quantitative estimate of drug-likeness (QED) is 0.835. The van der Waals surface area contributed by atoms with Crippen LogP contribution in [-0.2, 0) is 11.3 Å². The van der Waals surface area contributed by atoms with Crippen molar-refractivity contribution in [3.63, 3.8) is 0 Å². The smallest absolute Gasteiger partial charge is 0.338 e. The van der Waals surface area contributed by atoms with Crippen LogP contribution in [0.3, 0.4) is 0 Å². The number of esters is 1. The molecule has 0 heterocycles. The van der Waals surface area contributed by atoms with Gasteiger partial charge in [-0.25, -0.2) is 4.79 Å². The Balaban J connectivity index is 1.92. The van der Waals surface area contributed by atoms with Crippen molar-refractivity contribution in [2.45, 2.75) is 45.6 Å². The Hall–Kier alpha value is -1.35. The molecule has 3 heteroatoms. The van der Waals surface area contributed by atoms with Crippen molar-refractivity contribution in [2.75, 3.05) is 13.7 Å². The van der Waals surface area contributed by atoms with E-state index in [4.69, 9.17) is 4.74 Å². The van der Waals surface area contributed by atoms with E-state index in [9.17, 15) is 4.79 Å². The maximum absolute atomic E-state index is 11.7. The lowest BCUT2D eigenvalue weighted by Gasteiger charge is -2.33. The van der Waals surface area contributed by atoms with Gasteiger partial charge in [0.2, 0.25) is 0 Å². The molecule has 1 aliphatic rings. The molecule has 0 atom stereocenters. The van der Waals surface area contributed by atoms with E-state index in [0.717, 1.165) is 18.7 Å². The first-order chi connectivity index (χ1) is 9.64. The van der Waals surface area contributed by atoms with Crippen LogP contribution in [0.4, 0.5) is 0 Å². The van der Waals surface area contributed by atoms with Gasteiger partial charge in [0.25, 0.3) is 0 Å². The monoisotopic (exact) mass is 275 g/mol. The summed E-state index contributed by atoms with van der Waals surface area (Å²) in [5.41, 5.74) is 2.09. The van der Waals surface area contributed by atoms with Crippen LogP contribution in [0, 0.1) is 5.41 Å². The number of benzene rings is 1. The molecule has 0 spiro atoms. The highest BCUT2D eigenvalue weighted by Gasteiger charge is 2.26. The molecule has 1 saturated carbocycles. The Bertz CT molecular complexity index is 450. The molecule has 0 bridgehead atoms. The van der Waals surface area contributed by atoms with Crippen LogP contribution in [0.1, 0.15) is 54.9 Å². The number of methoxy groups -OCH3 is 1. The highest BCUT2D eigenvalue weighted by molar-refractivity contribution is 5.90. The topological polar surface area (TPSA) is 38.3 Å². The van der Waals surface area contributed by atoms with Gasteiger partial charge in [0, 0.05) is 13.1 Å². The molecule has 3 nitrogen and oxygen atoms in total. The number of hydrogen-bond donors (Lipinski definition) is 1. The van der Waals surface area contributed by atoms with Crippen LogP contribution in [0.15, 0.2) is 24.3 Å². The summed E-state index contributed by atoms with van der Waals surface area (Å²) in [6.07, 6.45) is 6.67. The molecular formula is C17H25NO2. The van der Waals surface area contributed by atoms with Crippen molar-refractivity contribution in [1.29, 1.82) is 0 Å².